The first-order valence-electron chi connectivity index (χ1n) is 7.70. The van der Waals surface area contributed by atoms with Gasteiger partial charge in [0, 0.05) is 21.4 Å². The van der Waals surface area contributed by atoms with Crippen LogP contribution in [0.1, 0.15) is 16.1 Å². The molecule has 26 heavy (non-hydrogen) atoms. The van der Waals surface area contributed by atoms with Gasteiger partial charge in [0.05, 0.1) is 12.7 Å². The van der Waals surface area contributed by atoms with Gasteiger partial charge in [-0.3, -0.25) is 9.59 Å². The highest BCUT2D eigenvalue weighted by molar-refractivity contribution is 6.35. The number of furan rings is 1. The molecule has 7 heteroatoms. The minimum Gasteiger partial charge on any atom is -0.459 e. The lowest BCUT2D eigenvalue weighted by atomic mass is 10.1. The second kappa shape index (κ2) is 8.08. The topological polar surface area (TPSA) is 71.3 Å². The van der Waals surface area contributed by atoms with Crippen molar-refractivity contribution in [2.75, 3.05) is 10.6 Å². The maximum Gasteiger partial charge on any atom is 0.291 e. The van der Waals surface area contributed by atoms with Crippen LogP contribution in [-0.4, -0.2) is 11.8 Å². The van der Waals surface area contributed by atoms with E-state index < -0.39 is 0 Å². The Morgan fingerprint density at radius 2 is 1.62 bits per heavy atom. The number of hydrogen-bond acceptors (Lipinski definition) is 3. The molecular weight excluding hydrogens is 375 g/mol. The Balaban J connectivity index is 1.58. The number of rotatable bonds is 5. The van der Waals surface area contributed by atoms with E-state index in [4.69, 9.17) is 27.6 Å². The van der Waals surface area contributed by atoms with Crippen LogP contribution in [0.3, 0.4) is 0 Å². The van der Waals surface area contributed by atoms with Crippen LogP contribution in [0.5, 0.6) is 0 Å². The van der Waals surface area contributed by atoms with E-state index in [0.29, 0.717) is 27.0 Å². The monoisotopic (exact) mass is 388 g/mol. The van der Waals surface area contributed by atoms with Gasteiger partial charge in [-0.25, -0.2) is 0 Å². The molecule has 2 amide bonds. The molecular formula is C19H14Cl2N2O3. The molecule has 0 radical (unpaired) electrons. The molecule has 0 aliphatic heterocycles. The predicted octanol–water partition coefficient (Wildman–Crippen LogP) is 5.02. The van der Waals surface area contributed by atoms with Gasteiger partial charge in [-0.1, -0.05) is 29.3 Å². The van der Waals surface area contributed by atoms with Gasteiger partial charge in [-0.05, 0) is 54.1 Å². The summed E-state index contributed by atoms with van der Waals surface area (Å²) in [6, 6.07) is 15.0. The third-order valence-electron chi connectivity index (χ3n) is 3.54. The van der Waals surface area contributed by atoms with Crippen molar-refractivity contribution in [1.82, 2.24) is 0 Å². The summed E-state index contributed by atoms with van der Waals surface area (Å²) in [4.78, 5) is 24.1. The number of nitrogens with one attached hydrogen (secondary N) is 2. The van der Waals surface area contributed by atoms with Gasteiger partial charge >= 0.3 is 0 Å². The summed E-state index contributed by atoms with van der Waals surface area (Å²) in [5.74, 6) is -0.326. The van der Waals surface area contributed by atoms with Crippen LogP contribution in [0, 0.1) is 0 Å². The second-order valence-corrected chi connectivity index (χ2v) is 6.31. The van der Waals surface area contributed by atoms with Crippen LogP contribution >= 0.6 is 23.2 Å². The minimum atomic E-state index is -0.343. The van der Waals surface area contributed by atoms with E-state index in [9.17, 15) is 9.59 Å². The lowest BCUT2D eigenvalue weighted by molar-refractivity contribution is -0.115. The minimum absolute atomic E-state index is 0.132. The van der Waals surface area contributed by atoms with Crippen molar-refractivity contribution in [3.8, 4) is 0 Å². The van der Waals surface area contributed by atoms with Crippen LogP contribution in [0.15, 0.2) is 65.3 Å². The fourth-order valence-corrected chi connectivity index (χ4v) is 2.76. The van der Waals surface area contributed by atoms with Crippen molar-refractivity contribution < 1.29 is 14.0 Å². The first-order chi connectivity index (χ1) is 12.5. The third kappa shape index (κ3) is 4.65. The van der Waals surface area contributed by atoms with E-state index in [-0.39, 0.29) is 24.0 Å². The van der Waals surface area contributed by atoms with Crippen molar-refractivity contribution in [3.05, 3.63) is 82.2 Å². The first-order valence-corrected chi connectivity index (χ1v) is 8.45. The molecule has 0 aliphatic carbocycles. The number of amides is 2. The lowest BCUT2D eigenvalue weighted by Gasteiger charge is -2.08. The molecule has 1 aromatic heterocycles. The van der Waals surface area contributed by atoms with Gasteiger partial charge in [-0.2, -0.15) is 0 Å². The van der Waals surface area contributed by atoms with Gasteiger partial charge in [-0.15, -0.1) is 0 Å². The molecule has 0 fully saturated rings. The van der Waals surface area contributed by atoms with Crippen molar-refractivity contribution in [2.24, 2.45) is 0 Å². The molecule has 1 heterocycles. The largest absolute Gasteiger partial charge is 0.459 e. The summed E-state index contributed by atoms with van der Waals surface area (Å²) < 4.78 is 5.03. The second-order valence-electron chi connectivity index (χ2n) is 5.47. The Hall–Kier alpha value is -2.76. The molecule has 3 rings (SSSR count). The molecule has 0 unspecified atom stereocenters. The first kappa shape index (κ1) is 18.0. The summed E-state index contributed by atoms with van der Waals surface area (Å²) in [6.07, 6.45) is 1.56. The SMILES string of the molecule is O=C(Cc1ccc(Cl)cc1Cl)Nc1ccc(NC(=O)c2ccco2)cc1. The zero-order chi connectivity index (χ0) is 18.5. The van der Waals surface area contributed by atoms with Gasteiger partial charge in [0.1, 0.15) is 0 Å². The summed E-state index contributed by atoms with van der Waals surface area (Å²) in [5, 5.41) is 6.45. The highest BCUT2D eigenvalue weighted by Gasteiger charge is 2.10. The molecule has 2 aromatic carbocycles. The van der Waals surface area contributed by atoms with E-state index in [1.807, 2.05) is 0 Å². The predicted molar refractivity (Wildman–Crippen MR) is 102 cm³/mol. The van der Waals surface area contributed by atoms with Gasteiger partial charge in [0.2, 0.25) is 5.91 Å². The number of hydrogen-bond donors (Lipinski definition) is 2. The van der Waals surface area contributed by atoms with E-state index in [0.717, 1.165) is 0 Å². The fourth-order valence-electron chi connectivity index (χ4n) is 2.28. The molecule has 3 aromatic rings. The van der Waals surface area contributed by atoms with Crippen molar-refractivity contribution in [3.63, 3.8) is 0 Å². The summed E-state index contributed by atoms with van der Waals surface area (Å²) in [6.45, 7) is 0. The summed E-state index contributed by atoms with van der Waals surface area (Å²) in [7, 11) is 0. The Kier molecular flexibility index (Phi) is 5.61. The molecule has 0 spiro atoms. The molecule has 0 saturated carbocycles. The quantitative estimate of drug-likeness (QED) is 0.644. The normalized spacial score (nSPS) is 10.4. The number of carbonyl (C=O) groups excluding carboxylic acids is 2. The van der Waals surface area contributed by atoms with E-state index in [1.165, 1.54) is 6.26 Å². The average molecular weight is 389 g/mol. The number of benzene rings is 2. The third-order valence-corrected chi connectivity index (χ3v) is 4.12. The van der Waals surface area contributed by atoms with Gasteiger partial charge < -0.3 is 15.1 Å². The maximum absolute atomic E-state index is 12.2. The van der Waals surface area contributed by atoms with Crippen LogP contribution in [0.4, 0.5) is 11.4 Å². The average Bonchev–Trinajstić information content (AvgIpc) is 3.14. The highest BCUT2D eigenvalue weighted by Crippen LogP contribution is 2.22. The Bertz CT molecular complexity index is 922. The Labute approximate surface area is 159 Å². The smallest absolute Gasteiger partial charge is 0.291 e. The van der Waals surface area contributed by atoms with Crippen LogP contribution in [0.2, 0.25) is 10.0 Å². The van der Waals surface area contributed by atoms with Crippen LogP contribution in [0.25, 0.3) is 0 Å². The van der Waals surface area contributed by atoms with E-state index >= 15 is 0 Å². The number of halogens is 2. The fraction of sp³-hybridized carbons (Fsp3) is 0.0526. The standard InChI is InChI=1S/C19H14Cl2N2O3/c20-13-4-3-12(16(21)11-13)10-18(24)22-14-5-7-15(8-6-14)23-19(25)17-2-1-9-26-17/h1-9,11H,10H2,(H,22,24)(H,23,25). The molecule has 132 valence electrons. The molecule has 0 bridgehead atoms. The summed E-state index contributed by atoms with van der Waals surface area (Å²) >= 11 is 11.9. The Morgan fingerprint density at radius 3 is 2.23 bits per heavy atom. The van der Waals surface area contributed by atoms with E-state index in [2.05, 4.69) is 10.6 Å². The molecule has 0 atom stereocenters. The molecule has 2 N–H and O–H groups in total. The van der Waals surface area contributed by atoms with Gasteiger partial charge in [0.15, 0.2) is 5.76 Å². The van der Waals surface area contributed by atoms with Crippen molar-refractivity contribution in [1.29, 1.82) is 0 Å². The number of carbonyl (C=O) groups is 2. The van der Waals surface area contributed by atoms with Crippen LogP contribution in [-0.2, 0) is 11.2 Å². The molecule has 0 aliphatic rings. The molecule has 0 saturated heterocycles. The van der Waals surface area contributed by atoms with Gasteiger partial charge in [0.25, 0.3) is 5.91 Å². The Morgan fingerprint density at radius 1 is 0.923 bits per heavy atom. The zero-order valence-corrected chi connectivity index (χ0v) is 15.0. The molecule has 5 nitrogen and oxygen atoms in total. The lowest BCUT2D eigenvalue weighted by Crippen LogP contribution is -2.15. The van der Waals surface area contributed by atoms with Crippen LogP contribution < -0.4 is 10.6 Å². The highest BCUT2D eigenvalue weighted by atomic mass is 35.5. The summed E-state index contributed by atoms with van der Waals surface area (Å²) in [5.41, 5.74) is 1.89. The van der Waals surface area contributed by atoms with Crippen molar-refractivity contribution >= 4 is 46.4 Å². The number of anilines is 2. The zero-order valence-electron chi connectivity index (χ0n) is 13.5. The van der Waals surface area contributed by atoms with E-state index in [1.54, 1.807) is 54.6 Å². The maximum atomic E-state index is 12.2. The van der Waals surface area contributed by atoms with Crippen molar-refractivity contribution in [2.45, 2.75) is 6.42 Å².